The summed E-state index contributed by atoms with van der Waals surface area (Å²) in [5, 5.41) is 4.93. The number of anilines is 2. The van der Waals surface area contributed by atoms with Crippen molar-refractivity contribution in [2.45, 2.75) is 6.54 Å². The number of amides is 2. The van der Waals surface area contributed by atoms with E-state index in [0.29, 0.717) is 22.7 Å². The van der Waals surface area contributed by atoms with Crippen molar-refractivity contribution in [2.75, 3.05) is 50.1 Å². The van der Waals surface area contributed by atoms with E-state index in [2.05, 4.69) is 34.3 Å². The fraction of sp³-hybridized carbons (Fsp3) is 0.280. The molecule has 1 saturated heterocycles. The average Bonchev–Trinajstić information content (AvgIpc) is 3.37. The van der Waals surface area contributed by atoms with Crippen LogP contribution in [0.5, 0.6) is 0 Å². The number of carbonyl (C=O) groups excluding carboxylic acids is 2. The van der Waals surface area contributed by atoms with Gasteiger partial charge in [-0.05, 0) is 42.3 Å². The fourth-order valence-corrected chi connectivity index (χ4v) is 4.62. The molecule has 7 heteroatoms. The standard InChI is InChI=1S/C25H28N4O2S/c1-27-13-15-29(16-14-27)21-10-5-3-8-19(21)18-26-24(30)20-9-4-6-11-22(20)28(2)25(31)23-12-7-17-32-23/h3-12,17H,13-16,18H2,1-2H3,(H,26,30). The Morgan fingerprint density at radius 2 is 1.69 bits per heavy atom. The summed E-state index contributed by atoms with van der Waals surface area (Å²) in [6, 6.07) is 19.1. The van der Waals surface area contributed by atoms with E-state index in [0.717, 1.165) is 31.7 Å². The van der Waals surface area contributed by atoms with E-state index in [4.69, 9.17) is 0 Å². The van der Waals surface area contributed by atoms with Gasteiger partial charge in [0.15, 0.2) is 0 Å². The Hall–Kier alpha value is -3.16. The Morgan fingerprint density at radius 1 is 0.969 bits per heavy atom. The van der Waals surface area contributed by atoms with Gasteiger partial charge in [-0.1, -0.05) is 36.4 Å². The molecule has 1 aliphatic heterocycles. The molecule has 2 aromatic carbocycles. The van der Waals surface area contributed by atoms with Crippen LogP contribution in [0.4, 0.5) is 11.4 Å². The molecule has 0 unspecified atom stereocenters. The number of piperazine rings is 1. The topological polar surface area (TPSA) is 55.9 Å². The molecule has 0 saturated carbocycles. The van der Waals surface area contributed by atoms with Crippen LogP contribution < -0.4 is 15.1 Å². The van der Waals surface area contributed by atoms with Crippen molar-refractivity contribution in [1.82, 2.24) is 10.2 Å². The minimum absolute atomic E-state index is 0.124. The van der Waals surface area contributed by atoms with Crippen LogP contribution in [0, 0.1) is 0 Å². The number of nitrogens with zero attached hydrogens (tertiary/aromatic N) is 3. The maximum absolute atomic E-state index is 13.1. The zero-order chi connectivity index (χ0) is 22.5. The Balaban J connectivity index is 1.49. The number of hydrogen-bond acceptors (Lipinski definition) is 5. The van der Waals surface area contributed by atoms with Gasteiger partial charge in [0.1, 0.15) is 0 Å². The first kappa shape index (κ1) is 22.0. The van der Waals surface area contributed by atoms with Crippen molar-refractivity contribution < 1.29 is 9.59 Å². The third kappa shape index (κ3) is 4.84. The van der Waals surface area contributed by atoms with Crippen molar-refractivity contribution in [2.24, 2.45) is 0 Å². The Labute approximate surface area is 193 Å². The molecule has 6 nitrogen and oxygen atoms in total. The van der Waals surface area contributed by atoms with E-state index >= 15 is 0 Å². The van der Waals surface area contributed by atoms with Crippen molar-refractivity contribution in [3.63, 3.8) is 0 Å². The summed E-state index contributed by atoms with van der Waals surface area (Å²) in [6.07, 6.45) is 0. The highest BCUT2D eigenvalue weighted by atomic mass is 32.1. The molecule has 1 N–H and O–H groups in total. The molecule has 2 heterocycles. The molecular formula is C25H28N4O2S. The Morgan fingerprint density at radius 3 is 2.44 bits per heavy atom. The molecule has 32 heavy (non-hydrogen) atoms. The molecule has 1 fully saturated rings. The number of para-hydroxylation sites is 2. The first-order valence-electron chi connectivity index (χ1n) is 10.7. The smallest absolute Gasteiger partial charge is 0.268 e. The zero-order valence-corrected chi connectivity index (χ0v) is 19.3. The number of thiophene rings is 1. The summed E-state index contributed by atoms with van der Waals surface area (Å²) in [5.74, 6) is -0.319. The second-order valence-corrected chi connectivity index (χ2v) is 8.91. The summed E-state index contributed by atoms with van der Waals surface area (Å²) >= 11 is 1.39. The highest BCUT2D eigenvalue weighted by Crippen LogP contribution is 2.24. The first-order valence-corrected chi connectivity index (χ1v) is 11.6. The lowest BCUT2D eigenvalue weighted by Gasteiger charge is -2.35. The Bertz CT molecular complexity index is 1080. The molecule has 0 aliphatic carbocycles. The highest BCUT2D eigenvalue weighted by molar-refractivity contribution is 7.12. The fourth-order valence-electron chi connectivity index (χ4n) is 3.92. The van der Waals surface area contributed by atoms with E-state index in [9.17, 15) is 9.59 Å². The van der Waals surface area contributed by atoms with Gasteiger partial charge in [0.05, 0.1) is 16.1 Å². The summed E-state index contributed by atoms with van der Waals surface area (Å²) < 4.78 is 0. The largest absolute Gasteiger partial charge is 0.369 e. The number of carbonyl (C=O) groups is 2. The van der Waals surface area contributed by atoms with Crippen LogP contribution in [0.1, 0.15) is 25.6 Å². The van der Waals surface area contributed by atoms with E-state index in [1.165, 1.54) is 17.0 Å². The number of rotatable bonds is 6. The number of nitrogens with one attached hydrogen (secondary N) is 1. The van der Waals surface area contributed by atoms with Crippen LogP contribution in [-0.4, -0.2) is 57.0 Å². The van der Waals surface area contributed by atoms with Gasteiger partial charge in [0, 0.05) is 45.5 Å². The van der Waals surface area contributed by atoms with Gasteiger partial charge in [0.25, 0.3) is 11.8 Å². The van der Waals surface area contributed by atoms with Crippen molar-refractivity contribution in [3.8, 4) is 0 Å². The summed E-state index contributed by atoms with van der Waals surface area (Å²) in [7, 11) is 3.85. The van der Waals surface area contributed by atoms with Gasteiger partial charge in [-0.3, -0.25) is 9.59 Å². The summed E-state index contributed by atoms with van der Waals surface area (Å²) in [5.41, 5.74) is 3.33. The van der Waals surface area contributed by atoms with Gasteiger partial charge in [0.2, 0.25) is 0 Å². The van der Waals surface area contributed by atoms with Crippen LogP contribution in [0.15, 0.2) is 66.0 Å². The maximum Gasteiger partial charge on any atom is 0.268 e. The van der Waals surface area contributed by atoms with Crippen LogP contribution in [0.25, 0.3) is 0 Å². The normalized spacial score (nSPS) is 14.2. The minimum atomic E-state index is -0.195. The van der Waals surface area contributed by atoms with Crippen molar-refractivity contribution in [3.05, 3.63) is 82.0 Å². The third-order valence-corrected chi connectivity index (χ3v) is 6.68. The number of hydrogen-bond donors (Lipinski definition) is 1. The average molecular weight is 449 g/mol. The van der Waals surface area contributed by atoms with E-state index in [1.807, 2.05) is 35.7 Å². The van der Waals surface area contributed by atoms with Gasteiger partial charge in [-0.15, -0.1) is 11.3 Å². The number of likely N-dealkylation sites (N-methyl/N-ethyl adjacent to an activating group) is 1. The molecule has 1 aromatic heterocycles. The molecule has 0 bridgehead atoms. The van der Waals surface area contributed by atoms with Gasteiger partial charge in [-0.2, -0.15) is 0 Å². The van der Waals surface area contributed by atoms with Crippen LogP contribution in [0.3, 0.4) is 0 Å². The van der Waals surface area contributed by atoms with Crippen molar-refractivity contribution >= 4 is 34.5 Å². The minimum Gasteiger partial charge on any atom is -0.369 e. The summed E-state index contributed by atoms with van der Waals surface area (Å²) in [6.45, 7) is 4.43. The predicted octanol–water partition coefficient (Wildman–Crippen LogP) is 3.71. The Kier molecular flexibility index (Phi) is 6.87. The summed E-state index contributed by atoms with van der Waals surface area (Å²) in [4.78, 5) is 32.8. The van der Waals surface area contributed by atoms with Crippen LogP contribution in [-0.2, 0) is 6.54 Å². The molecule has 3 aromatic rings. The van der Waals surface area contributed by atoms with Crippen LogP contribution in [0.2, 0.25) is 0 Å². The first-order chi connectivity index (χ1) is 15.5. The molecule has 4 rings (SSSR count). The molecule has 0 radical (unpaired) electrons. The lowest BCUT2D eigenvalue weighted by molar-refractivity contribution is 0.0951. The van der Waals surface area contributed by atoms with Crippen LogP contribution >= 0.6 is 11.3 Å². The molecule has 0 spiro atoms. The molecule has 2 amide bonds. The van der Waals surface area contributed by atoms with Crippen molar-refractivity contribution in [1.29, 1.82) is 0 Å². The second kappa shape index (κ2) is 9.97. The molecule has 166 valence electrons. The van der Waals surface area contributed by atoms with E-state index < -0.39 is 0 Å². The molecule has 1 aliphatic rings. The lowest BCUT2D eigenvalue weighted by atomic mass is 10.1. The maximum atomic E-state index is 13.1. The highest BCUT2D eigenvalue weighted by Gasteiger charge is 2.21. The SMILES string of the molecule is CN1CCN(c2ccccc2CNC(=O)c2ccccc2N(C)C(=O)c2cccs2)CC1. The van der Waals surface area contributed by atoms with Gasteiger partial charge >= 0.3 is 0 Å². The number of benzene rings is 2. The second-order valence-electron chi connectivity index (χ2n) is 7.96. The van der Waals surface area contributed by atoms with Gasteiger partial charge < -0.3 is 20.0 Å². The molecular weight excluding hydrogens is 420 g/mol. The lowest BCUT2D eigenvalue weighted by Crippen LogP contribution is -2.45. The van der Waals surface area contributed by atoms with E-state index in [1.54, 1.807) is 30.1 Å². The third-order valence-electron chi connectivity index (χ3n) is 5.82. The predicted molar refractivity (Wildman–Crippen MR) is 131 cm³/mol. The quantitative estimate of drug-likeness (QED) is 0.625. The van der Waals surface area contributed by atoms with E-state index in [-0.39, 0.29) is 11.8 Å². The van der Waals surface area contributed by atoms with Gasteiger partial charge in [-0.25, -0.2) is 0 Å². The monoisotopic (exact) mass is 448 g/mol. The molecule has 0 atom stereocenters. The zero-order valence-electron chi connectivity index (χ0n) is 18.5.